The lowest BCUT2D eigenvalue weighted by Gasteiger charge is -2.08. The number of ether oxygens (including phenoxy) is 3. The first-order valence-corrected chi connectivity index (χ1v) is 12.0. The number of hydrogen-bond donors (Lipinski definition) is 2. The summed E-state index contributed by atoms with van der Waals surface area (Å²) in [6.07, 6.45) is 10.2. The number of esters is 2. The van der Waals surface area contributed by atoms with Crippen molar-refractivity contribution in [2.75, 3.05) is 40.0 Å². The highest BCUT2D eigenvalue weighted by Gasteiger charge is 2.06. The summed E-state index contributed by atoms with van der Waals surface area (Å²) in [6.45, 7) is 4.87. The number of unbranched alkanes of at least 4 members (excludes halogenated alkanes) is 7. The summed E-state index contributed by atoms with van der Waals surface area (Å²) in [5, 5.41) is 5.85. The molecule has 182 valence electrons. The third kappa shape index (κ3) is 22.7. The van der Waals surface area contributed by atoms with Gasteiger partial charge in [0.25, 0.3) is 0 Å². The molecule has 0 rings (SSSR count). The topological polar surface area (TPSA) is 103 Å². The van der Waals surface area contributed by atoms with E-state index in [9.17, 15) is 14.4 Å². The van der Waals surface area contributed by atoms with Crippen molar-refractivity contribution in [1.29, 1.82) is 0 Å². The van der Waals surface area contributed by atoms with Crippen LogP contribution in [-0.4, -0.2) is 58.0 Å². The molecule has 0 radical (unpaired) electrons. The summed E-state index contributed by atoms with van der Waals surface area (Å²) in [4.78, 5) is 34.7. The third-order valence-corrected chi connectivity index (χ3v) is 4.68. The maximum Gasteiger partial charge on any atom is 0.407 e. The molecule has 0 heterocycles. The number of carbonyl (C=O) groups excluding carboxylic acids is 3. The Morgan fingerprint density at radius 2 is 1.13 bits per heavy atom. The number of carbonyl (C=O) groups is 3. The Labute approximate surface area is 188 Å². The van der Waals surface area contributed by atoms with Crippen LogP contribution in [0.25, 0.3) is 0 Å². The molecule has 0 aliphatic heterocycles. The fraction of sp³-hybridized carbons (Fsp3) is 0.870. The SMILES string of the molecule is CCCCCOC(=O)CCCCC(=O)OCCCCOC(=O)NCCCCCCNC. The van der Waals surface area contributed by atoms with Gasteiger partial charge >= 0.3 is 18.0 Å². The predicted octanol–water partition coefficient (Wildman–Crippen LogP) is 4.11. The lowest BCUT2D eigenvalue weighted by atomic mass is 10.2. The van der Waals surface area contributed by atoms with Crippen molar-refractivity contribution >= 4 is 18.0 Å². The first kappa shape index (κ1) is 29.2. The molecule has 0 bridgehead atoms. The van der Waals surface area contributed by atoms with Crippen molar-refractivity contribution in [2.45, 2.75) is 90.4 Å². The van der Waals surface area contributed by atoms with E-state index in [0.717, 1.165) is 51.5 Å². The fourth-order valence-corrected chi connectivity index (χ4v) is 2.80. The van der Waals surface area contributed by atoms with Gasteiger partial charge in [0.05, 0.1) is 19.8 Å². The number of amides is 1. The summed E-state index contributed by atoms with van der Waals surface area (Å²) >= 11 is 0. The van der Waals surface area contributed by atoms with Crippen LogP contribution in [0.5, 0.6) is 0 Å². The van der Waals surface area contributed by atoms with E-state index in [1.54, 1.807) is 0 Å². The van der Waals surface area contributed by atoms with Gasteiger partial charge in [0, 0.05) is 19.4 Å². The molecule has 0 fully saturated rings. The van der Waals surface area contributed by atoms with Crippen LogP contribution in [-0.2, 0) is 23.8 Å². The number of nitrogens with one attached hydrogen (secondary N) is 2. The van der Waals surface area contributed by atoms with Gasteiger partial charge in [0.1, 0.15) is 0 Å². The molecule has 0 saturated heterocycles. The van der Waals surface area contributed by atoms with E-state index in [0.29, 0.717) is 64.9 Å². The van der Waals surface area contributed by atoms with Crippen molar-refractivity contribution in [3.8, 4) is 0 Å². The smallest absolute Gasteiger partial charge is 0.407 e. The summed E-state index contributed by atoms with van der Waals surface area (Å²) in [5.41, 5.74) is 0. The first-order chi connectivity index (χ1) is 15.1. The monoisotopic (exact) mass is 444 g/mol. The standard InChI is InChI=1S/C23H44N2O6/c1-3-4-11-18-29-21(26)14-7-8-15-22(27)30-19-12-13-20-31-23(28)25-17-10-6-5-9-16-24-2/h24H,3-20H2,1-2H3,(H,25,28). The Bertz CT molecular complexity index is 459. The van der Waals surface area contributed by atoms with Crippen LogP contribution in [0.1, 0.15) is 90.4 Å². The molecule has 0 spiro atoms. The van der Waals surface area contributed by atoms with Gasteiger partial charge in [-0.3, -0.25) is 9.59 Å². The molecule has 0 aromatic rings. The minimum absolute atomic E-state index is 0.196. The second kappa shape index (κ2) is 22.8. The van der Waals surface area contributed by atoms with Crippen molar-refractivity contribution in [1.82, 2.24) is 10.6 Å². The Kier molecular flexibility index (Phi) is 21.5. The van der Waals surface area contributed by atoms with E-state index >= 15 is 0 Å². The molecule has 0 aliphatic rings. The highest BCUT2D eigenvalue weighted by molar-refractivity contribution is 5.70. The molecule has 0 saturated carbocycles. The lowest BCUT2D eigenvalue weighted by molar-refractivity contribution is -0.146. The van der Waals surface area contributed by atoms with Crippen LogP contribution in [0, 0.1) is 0 Å². The average Bonchev–Trinajstić information content (AvgIpc) is 2.76. The summed E-state index contributed by atoms with van der Waals surface area (Å²) in [7, 11) is 1.95. The number of rotatable bonds is 21. The van der Waals surface area contributed by atoms with Crippen molar-refractivity contribution < 1.29 is 28.6 Å². The molecule has 0 unspecified atom stereocenters. The summed E-state index contributed by atoms with van der Waals surface area (Å²) < 4.78 is 15.4. The van der Waals surface area contributed by atoms with Gasteiger partial charge in [-0.25, -0.2) is 4.79 Å². The summed E-state index contributed by atoms with van der Waals surface area (Å²) in [6, 6.07) is 0. The third-order valence-electron chi connectivity index (χ3n) is 4.68. The zero-order valence-corrected chi connectivity index (χ0v) is 19.7. The molecule has 0 aromatic carbocycles. The van der Waals surface area contributed by atoms with Crippen LogP contribution in [0.15, 0.2) is 0 Å². The minimum Gasteiger partial charge on any atom is -0.466 e. The molecule has 0 atom stereocenters. The van der Waals surface area contributed by atoms with Gasteiger partial charge in [0.15, 0.2) is 0 Å². The average molecular weight is 445 g/mol. The zero-order chi connectivity index (χ0) is 23.0. The molecule has 0 aromatic heterocycles. The van der Waals surface area contributed by atoms with Gasteiger partial charge in [-0.1, -0.05) is 32.6 Å². The lowest BCUT2D eigenvalue weighted by Crippen LogP contribution is -2.25. The molecular weight excluding hydrogens is 400 g/mol. The second-order valence-electron chi connectivity index (χ2n) is 7.64. The van der Waals surface area contributed by atoms with E-state index in [1.807, 2.05) is 7.05 Å². The van der Waals surface area contributed by atoms with E-state index in [1.165, 1.54) is 0 Å². The van der Waals surface area contributed by atoms with Crippen molar-refractivity contribution in [2.24, 2.45) is 0 Å². The van der Waals surface area contributed by atoms with Gasteiger partial charge in [-0.15, -0.1) is 0 Å². The van der Waals surface area contributed by atoms with Crippen LogP contribution in [0.4, 0.5) is 4.79 Å². The highest BCUT2D eigenvalue weighted by atomic mass is 16.5. The van der Waals surface area contributed by atoms with E-state index in [-0.39, 0.29) is 11.9 Å². The quantitative estimate of drug-likeness (QED) is 0.156. The molecule has 8 nitrogen and oxygen atoms in total. The first-order valence-electron chi connectivity index (χ1n) is 12.0. The fourth-order valence-electron chi connectivity index (χ4n) is 2.80. The molecule has 2 N–H and O–H groups in total. The maximum atomic E-state index is 11.7. The van der Waals surface area contributed by atoms with E-state index in [2.05, 4.69) is 17.6 Å². The highest BCUT2D eigenvalue weighted by Crippen LogP contribution is 2.05. The largest absolute Gasteiger partial charge is 0.466 e. The molecule has 0 aliphatic carbocycles. The van der Waals surface area contributed by atoms with Crippen LogP contribution >= 0.6 is 0 Å². The Morgan fingerprint density at radius 1 is 0.613 bits per heavy atom. The minimum atomic E-state index is -0.392. The van der Waals surface area contributed by atoms with Gasteiger partial charge < -0.3 is 24.8 Å². The summed E-state index contributed by atoms with van der Waals surface area (Å²) in [5.74, 6) is -0.456. The predicted molar refractivity (Wildman–Crippen MR) is 121 cm³/mol. The van der Waals surface area contributed by atoms with Gasteiger partial charge in [-0.05, 0) is 58.5 Å². The van der Waals surface area contributed by atoms with E-state index < -0.39 is 6.09 Å². The molecule has 1 amide bonds. The molecular formula is C23H44N2O6. The maximum absolute atomic E-state index is 11.7. The van der Waals surface area contributed by atoms with Crippen LogP contribution < -0.4 is 10.6 Å². The normalized spacial score (nSPS) is 10.5. The van der Waals surface area contributed by atoms with Crippen molar-refractivity contribution in [3.63, 3.8) is 0 Å². The van der Waals surface area contributed by atoms with Crippen LogP contribution in [0.3, 0.4) is 0 Å². The number of hydrogen-bond acceptors (Lipinski definition) is 7. The van der Waals surface area contributed by atoms with Crippen LogP contribution in [0.2, 0.25) is 0 Å². The second-order valence-corrected chi connectivity index (χ2v) is 7.64. The zero-order valence-electron chi connectivity index (χ0n) is 19.7. The van der Waals surface area contributed by atoms with Gasteiger partial charge in [0.2, 0.25) is 0 Å². The van der Waals surface area contributed by atoms with Crippen molar-refractivity contribution in [3.05, 3.63) is 0 Å². The Morgan fingerprint density at radius 3 is 1.68 bits per heavy atom. The number of alkyl carbamates (subject to hydrolysis) is 1. The Balaban J connectivity index is 3.38. The molecule has 31 heavy (non-hydrogen) atoms. The van der Waals surface area contributed by atoms with Gasteiger partial charge in [-0.2, -0.15) is 0 Å². The Hall–Kier alpha value is -1.83. The molecule has 8 heteroatoms. The van der Waals surface area contributed by atoms with E-state index in [4.69, 9.17) is 14.2 Å².